The molecule has 0 amide bonds. The molecule has 0 unspecified atom stereocenters. The molecule has 74 valence electrons. The van der Waals surface area contributed by atoms with Crippen molar-refractivity contribution >= 4 is 23.3 Å². The van der Waals surface area contributed by atoms with Crippen molar-refractivity contribution in [3.8, 4) is 0 Å². The molecule has 15 heavy (non-hydrogen) atoms. The van der Waals surface area contributed by atoms with Crippen molar-refractivity contribution in [2.24, 2.45) is 7.05 Å². The molecule has 0 atom stereocenters. The van der Waals surface area contributed by atoms with Crippen LogP contribution in [0.4, 0.5) is 12.9 Å². The number of benzene rings is 1. The van der Waals surface area contributed by atoms with Crippen LogP contribution in [0.3, 0.4) is 0 Å². The fraction of sp³-hybridized carbons (Fsp3) is 0.111. The van der Waals surface area contributed by atoms with Crippen molar-refractivity contribution < 1.29 is 64.3 Å². The van der Waals surface area contributed by atoms with Gasteiger partial charge in [-0.2, -0.15) is 0 Å². The third-order valence-corrected chi connectivity index (χ3v) is 2.28. The van der Waals surface area contributed by atoms with Crippen LogP contribution < -0.4 is 56.8 Å². The molecule has 0 aliphatic rings. The van der Waals surface area contributed by atoms with Crippen LogP contribution in [0.2, 0.25) is 0 Å². The average molecular weight is 237 g/mol. The maximum Gasteiger partial charge on any atom is 1.00 e. The molecule has 6 heteroatoms. The Bertz CT molecular complexity index is 478. The molecule has 0 N–H and O–H groups in total. The fourth-order valence-electron chi connectivity index (χ4n) is 1.65. The van der Waals surface area contributed by atoms with Crippen LogP contribution in [-0.4, -0.2) is 11.5 Å². The maximum atomic E-state index is 12.6. The zero-order valence-electron chi connectivity index (χ0n) is 8.55. The summed E-state index contributed by atoms with van der Waals surface area (Å²) in [5.74, 6) is 0. The summed E-state index contributed by atoms with van der Waals surface area (Å²) in [6, 6.07) is 5.93. The summed E-state index contributed by atoms with van der Waals surface area (Å²) in [5.41, 5.74) is -0.255. The molecule has 2 aromatic rings. The van der Waals surface area contributed by atoms with Crippen molar-refractivity contribution in [3.63, 3.8) is 0 Å². The normalized spacial score (nSPS) is 11.5. The number of nitrogens with zero attached hydrogens (tertiary/aromatic N) is 1. The molecule has 0 saturated carbocycles. The number of hydrogen-bond donors (Lipinski definition) is 0. The number of hydrogen-bond acceptors (Lipinski definition) is 0. The second kappa shape index (κ2) is 4.63. The molecule has 0 radical (unpaired) electrons. The summed E-state index contributed by atoms with van der Waals surface area (Å²) in [7, 11) is 1.62. The first-order valence-corrected chi connectivity index (χ1v) is 4.24. The van der Waals surface area contributed by atoms with Gasteiger partial charge < -0.3 is 17.5 Å². The van der Waals surface area contributed by atoms with Crippen molar-refractivity contribution in [2.75, 3.05) is 0 Å². The zero-order chi connectivity index (χ0) is 10.3. The second-order valence-electron chi connectivity index (χ2n) is 3.29. The van der Waals surface area contributed by atoms with Gasteiger partial charge in [-0.15, -0.1) is 0 Å². The van der Waals surface area contributed by atoms with E-state index in [-0.39, 0.29) is 56.9 Å². The third kappa shape index (κ3) is 2.50. The van der Waals surface area contributed by atoms with Gasteiger partial charge in [0.2, 0.25) is 0 Å². The van der Waals surface area contributed by atoms with E-state index in [1.807, 2.05) is 0 Å². The van der Waals surface area contributed by atoms with Gasteiger partial charge in [-0.1, -0.05) is 23.7 Å². The molecular formula is C9H8BF3KN. The van der Waals surface area contributed by atoms with Crippen molar-refractivity contribution in [2.45, 2.75) is 0 Å². The fourth-order valence-corrected chi connectivity index (χ4v) is 1.65. The number of aromatic nitrogens is 1. The van der Waals surface area contributed by atoms with Crippen LogP contribution >= 0.6 is 0 Å². The molecule has 0 saturated heterocycles. The van der Waals surface area contributed by atoms with E-state index in [2.05, 4.69) is 0 Å². The van der Waals surface area contributed by atoms with E-state index in [0.717, 1.165) is 6.07 Å². The van der Waals surface area contributed by atoms with Crippen LogP contribution in [0.15, 0.2) is 30.5 Å². The van der Waals surface area contributed by atoms with E-state index in [1.165, 1.54) is 10.6 Å². The van der Waals surface area contributed by atoms with Crippen LogP contribution in [0.25, 0.3) is 10.9 Å². The molecule has 0 aliphatic carbocycles. The maximum absolute atomic E-state index is 12.6. The number of halogens is 3. The Balaban J connectivity index is 0.00000112. The zero-order valence-corrected chi connectivity index (χ0v) is 11.7. The van der Waals surface area contributed by atoms with Gasteiger partial charge in [0.25, 0.3) is 0 Å². The molecule has 1 nitrogen and oxygen atoms in total. The minimum atomic E-state index is -4.93. The molecule has 0 bridgehead atoms. The standard InChI is InChI=1S/C9H8BF3N.K/c1-14-6-5-7-3-2-4-8(9(7)14)10(11,12)13;/h2-6H,1H3;/q-1;+1. The molecule has 1 aromatic carbocycles. The summed E-state index contributed by atoms with van der Waals surface area (Å²) >= 11 is 0. The third-order valence-electron chi connectivity index (χ3n) is 2.28. The topological polar surface area (TPSA) is 4.93 Å². The SMILES string of the molecule is Cn1ccc2cccc([B-](F)(F)F)c21.[K+]. The Labute approximate surface area is 128 Å². The quantitative estimate of drug-likeness (QED) is 0.574. The van der Waals surface area contributed by atoms with Crippen LogP contribution in [-0.2, 0) is 7.05 Å². The number of fused-ring (bicyclic) bond motifs is 1. The van der Waals surface area contributed by atoms with Gasteiger partial charge in [0, 0.05) is 18.8 Å². The first-order chi connectivity index (χ1) is 6.50. The Morgan fingerprint density at radius 2 is 1.80 bits per heavy atom. The molecule has 0 spiro atoms. The van der Waals surface area contributed by atoms with Crippen molar-refractivity contribution in [1.82, 2.24) is 4.57 Å². The van der Waals surface area contributed by atoms with Gasteiger partial charge in [0.05, 0.1) is 0 Å². The van der Waals surface area contributed by atoms with Crippen LogP contribution in [0.5, 0.6) is 0 Å². The molecule has 1 aromatic heterocycles. The average Bonchev–Trinajstić information content (AvgIpc) is 2.46. The predicted octanol–water partition coefficient (Wildman–Crippen LogP) is -0.763. The molecular weight excluding hydrogens is 229 g/mol. The van der Waals surface area contributed by atoms with Crippen LogP contribution in [0, 0.1) is 0 Å². The Hall–Kier alpha value is 0.251. The first-order valence-electron chi connectivity index (χ1n) is 4.24. The Morgan fingerprint density at radius 1 is 1.13 bits per heavy atom. The van der Waals surface area contributed by atoms with E-state index < -0.39 is 12.4 Å². The number of rotatable bonds is 1. The van der Waals surface area contributed by atoms with Gasteiger partial charge in [-0.05, 0) is 11.5 Å². The molecule has 0 fully saturated rings. The summed E-state index contributed by atoms with van der Waals surface area (Å²) < 4.78 is 39.4. The summed E-state index contributed by atoms with van der Waals surface area (Å²) in [6.45, 7) is -4.93. The number of aryl methyl sites for hydroxylation is 1. The van der Waals surface area contributed by atoms with Crippen LogP contribution in [0.1, 0.15) is 0 Å². The Morgan fingerprint density at radius 3 is 2.40 bits per heavy atom. The molecule has 0 aliphatic heterocycles. The second-order valence-corrected chi connectivity index (χ2v) is 3.29. The largest absolute Gasteiger partial charge is 1.00 e. The predicted molar refractivity (Wildman–Crippen MR) is 51.6 cm³/mol. The van der Waals surface area contributed by atoms with Crippen molar-refractivity contribution in [1.29, 1.82) is 0 Å². The minimum absolute atomic E-state index is 0. The minimum Gasteiger partial charge on any atom is -0.445 e. The van der Waals surface area contributed by atoms with E-state index in [4.69, 9.17) is 0 Å². The number of para-hydroxylation sites is 1. The summed E-state index contributed by atoms with van der Waals surface area (Å²) in [5, 5.41) is 0.629. The van der Waals surface area contributed by atoms with Crippen molar-refractivity contribution in [3.05, 3.63) is 30.5 Å². The van der Waals surface area contributed by atoms with E-state index in [0.29, 0.717) is 5.39 Å². The smallest absolute Gasteiger partial charge is 0.445 e. The molecule has 1 heterocycles. The van der Waals surface area contributed by atoms with Gasteiger partial charge in [0.15, 0.2) is 0 Å². The Kier molecular flexibility index (Phi) is 4.11. The summed E-state index contributed by atoms with van der Waals surface area (Å²) in [4.78, 5) is 0. The first kappa shape index (κ1) is 13.3. The van der Waals surface area contributed by atoms with Gasteiger partial charge in [0.1, 0.15) is 0 Å². The van der Waals surface area contributed by atoms with E-state index in [1.54, 1.807) is 25.4 Å². The van der Waals surface area contributed by atoms with Gasteiger partial charge >= 0.3 is 58.4 Å². The monoisotopic (exact) mass is 237 g/mol. The van der Waals surface area contributed by atoms with Gasteiger partial charge in [-0.25, -0.2) is 0 Å². The van der Waals surface area contributed by atoms with Gasteiger partial charge in [-0.3, -0.25) is 0 Å². The van der Waals surface area contributed by atoms with E-state index >= 15 is 0 Å². The molecule has 2 rings (SSSR count). The summed E-state index contributed by atoms with van der Waals surface area (Å²) in [6.07, 6.45) is 1.63. The van der Waals surface area contributed by atoms with E-state index in [9.17, 15) is 12.9 Å².